The maximum absolute atomic E-state index is 13.0. The standard InChI is InChI=1S/C21H23N3O3.ClH/c22-13-17-8-9-19(27-17)20(25)23-16-6-3-5-15(12-16)21(26)24-11-10-14-4-1-2-7-18(14)24;/h1-7,12,17,19H,8-11,13,22H2,(H,23,25);1H/t17-,19+;/m1./s1. The van der Waals surface area contributed by atoms with Crippen molar-refractivity contribution in [3.63, 3.8) is 0 Å². The van der Waals surface area contributed by atoms with E-state index in [0.717, 1.165) is 18.5 Å². The Morgan fingerprint density at radius 2 is 1.96 bits per heavy atom. The second-order valence-corrected chi connectivity index (χ2v) is 6.97. The number of nitrogens with one attached hydrogen (secondary N) is 1. The van der Waals surface area contributed by atoms with Crippen LogP contribution in [0.4, 0.5) is 11.4 Å². The van der Waals surface area contributed by atoms with Crippen LogP contribution in [0.1, 0.15) is 28.8 Å². The van der Waals surface area contributed by atoms with Crippen LogP contribution in [-0.4, -0.2) is 37.1 Å². The number of ether oxygens (including phenoxy) is 1. The molecular weight excluding hydrogens is 378 g/mol. The molecule has 0 unspecified atom stereocenters. The van der Waals surface area contributed by atoms with E-state index in [9.17, 15) is 9.59 Å². The van der Waals surface area contributed by atoms with Crippen molar-refractivity contribution in [2.75, 3.05) is 23.3 Å². The van der Waals surface area contributed by atoms with Crippen LogP contribution in [0.2, 0.25) is 0 Å². The van der Waals surface area contributed by atoms with E-state index in [-0.39, 0.29) is 30.3 Å². The van der Waals surface area contributed by atoms with Gasteiger partial charge in [-0.2, -0.15) is 0 Å². The van der Waals surface area contributed by atoms with E-state index in [1.54, 1.807) is 29.2 Å². The molecule has 0 aliphatic carbocycles. The molecule has 0 saturated carbocycles. The van der Waals surface area contributed by atoms with Crippen molar-refractivity contribution >= 4 is 35.6 Å². The molecule has 2 aromatic carbocycles. The van der Waals surface area contributed by atoms with Crippen molar-refractivity contribution in [2.45, 2.75) is 31.5 Å². The van der Waals surface area contributed by atoms with E-state index < -0.39 is 6.10 Å². The van der Waals surface area contributed by atoms with Gasteiger partial charge in [-0.3, -0.25) is 9.59 Å². The van der Waals surface area contributed by atoms with E-state index in [1.165, 1.54) is 5.56 Å². The van der Waals surface area contributed by atoms with Gasteiger partial charge in [0.25, 0.3) is 11.8 Å². The summed E-state index contributed by atoms with van der Waals surface area (Å²) in [7, 11) is 0. The van der Waals surface area contributed by atoms with Gasteiger partial charge in [-0.05, 0) is 49.1 Å². The second-order valence-electron chi connectivity index (χ2n) is 6.97. The van der Waals surface area contributed by atoms with Crippen molar-refractivity contribution in [2.24, 2.45) is 5.73 Å². The molecule has 2 amide bonds. The molecule has 3 N–H and O–H groups in total. The predicted molar refractivity (Wildman–Crippen MR) is 111 cm³/mol. The molecule has 2 heterocycles. The van der Waals surface area contributed by atoms with Crippen LogP contribution in [0.5, 0.6) is 0 Å². The number of nitrogens with zero attached hydrogens (tertiary/aromatic N) is 1. The molecule has 1 fully saturated rings. The molecule has 2 aliphatic heterocycles. The third-order valence-electron chi connectivity index (χ3n) is 5.17. The summed E-state index contributed by atoms with van der Waals surface area (Å²) in [5.41, 5.74) is 8.89. The molecule has 0 radical (unpaired) electrons. The number of anilines is 2. The fourth-order valence-electron chi connectivity index (χ4n) is 3.73. The van der Waals surface area contributed by atoms with E-state index >= 15 is 0 Å². The summed E-state index contributed by atoms with van der Waals surface area (Å²) in [5, 5.41) is 2.86. The van der Waals surface area contributed by atoms with E-state index in [4.69, 9.17) is 10.5 Å². The Balaban J connectivity index is 0.00000225. The van der Waals surface area contributed by atoms with Crippen LogP contribution in [0.3, 0.4) is 0 Å². The Morgan fingerprint density at radius 1 is 1.14 bits per heavy atom. The Bertz CT molecular complexity index is 873. The topological polar surface area (TPSA) is 84.7 Å². The van der Waals surface area contributed by atoms with E-state index in [1.807, 2.05) is 18.2 Å². The first kappa shape index (κ1) is 20.3. The maximum atomic E-state index is 13.0. The zero-order valence-electron chi connectivity index (χ0n) is 15.5. The van der Waals surface area contributed by atoms with Gasteiger partial charge in [0.1, 0.15) is 6.10 Å². The van der Waals surface area contributed by atoms with Crippen LogP contribution < -0.4 is 16.0 Å². The number of benzene rings is 2. The fourth-order valence-corrected chi connectivity index (χ4v) is 3.73. The van der Waals surface area contributed by atoms with Gasteiger partial charge in [-0.1, -0.05) is 24.3 Å². The second kappa shape index (κ2) is 8.73. The number of nitrogens with two attached hydrogens (primary N) is 1. The lowest BCUT2D eigenvalue weighted by molar-refractivity contribution is -0.126. The van der Waals surface area contributed by atoms with E-state index in [2.05, 4.69) is 11.4 Å². The minimum absolute atomic E-state index is 0. The summed E-state index contributed by atoms with van der Waals surface area (Å²) < 4.78 is 5.63. The molecule has 2 atom stereocenters. The van der Waals surface area contributed by atoms with Crippen molar-refractivity contribution in [1.82, 2.24) is 0 Å². The van der Waals surface area contributed by atoms with Crippen LogP contribution in [0, 0.1) is 0 Å². The predicted octanol–water partition coefficient (Wildman–Crippen LogP) is 2.76. The number of carbonyl (C=O) groups is 2. The molecular formula is C21H24ClN3O3. The molecule has 0 aromatic heterocycles. The van der Waals surface area contributed by atoms with Gasteiger partial charge < -0.3 is 20.7 Å². The number of rotatable bonds is 4. The molecule has 4 rings (SSSR count). The van der Waals surface area contributed by atoms with Crippen molar-refractivity contribution < 1.29 is 14.3 Å². The Morgan fingerprint density at radius 3 is 2.75 bits per heavy atom. The van der Waals surface area contributed by atoms with Gasteiger partial charge in [0.05, 0.1) is 6.10 Å². The highest BCUT2D eigenvalue weighted by molar-refractivity contribution is 6.08. The quantitative estimate of drug-likeness (QED) is 0.825. The van der Waals surface area contributed by atoms with Crippen molar-refractivity contribution in [1.29, 1.82) is 0 Å². The SMILES string of the molecule is Cl.NC[C@H]1CC[C@@H](C(=O)Nc2cccc(C(=O)N3CCc4ccccc43)c2)O1. The minimum atomic E-state index is -0.483. The molecule has 28 heavy (non-hydrogen) atoms. The molecule has 0 bridgehead atoms. The third-order valence-corrected chi connectivity index (χ3v) is 5.17. The number of halogens is 1. The van der Waals surface area contributed by atoms with Gasteiger partial charge in [0, 0.05) is 30.0 Å². The summed E-state index contributed by atoms with van der Waals surface area (Å²) >= 11 is 0. The number of fused-ring (bicyclic) bond motifs is 1. The van der Waals surface area contributed by atoms with Crippen molar-refractivity contribution in [3.8, 4) is 0 Å². The maximum Gasteiger partial charge on any atom is 0.258 e. The van der Waals surface area contributed by atoms with Gasteiger partial charge in [0.2, 0.25) is 0 Å². The fraction of sp³-hybridized carbons (Fsp3) is 0.333. The number of hydrogen-bond donors (Lipinski definition) is 2. The molecule has 7 heteroatoms. The third kappa shape index (κ3) is 4.04. The molecule has 6 nitrogen and oxygen atoms in total. The van der Waals surface area contributed by atoms with Gasteiger partial charge in [-0.25, -0.2) is 0 Å². The number of hydrogen-bond acceptors (Lipinski definition) is 4. The molecule has 0 spiro atoms. The highest BCUT2D eigenvalue weighted by Gasteiger charge is 2.30. The average Bonchev–Trinajstić information content (AvgIpc) is 3.35. The Kier molecular flexibility index (Phi) is 6.34. The molecule has 2 aromatic rings. The number of carbonyl (C=O) groups excluding carboxylic acids is 2. The lowest BCUT2D eigenvalue weighted by atomic mass is 10.1. The lowest BCUT2D eigenvalue weighted by Gasteiger charge is -2.18. The summed E-state index contributed by atoms with van der Waals surface area (Å²) in [4.78, 5) is 27.2. The molecule has 148 valence electrons. The summed E-state index contributed by atoms with van der Waals surface area (Å²) in [5.74, 6) is -0.251. The minimum Gasteiger partial charge on any atom is -0.364 e. The normalized spacial score (nSPS) is 20.4. The van der Waals surface area contributed by atoms with Crippen LogP contribution >= 0.6 is 12.4 Å². The smallest absolute Gasteiger partial charge is 0.258 e. The van der Waals surface area contributed by atoms with Crippen LogP contribution in [0.25, 0.3) is 0 Å². The highest BCUT2D eigenvalue weighted by atomic mass is 35.5. The lowest BCUT2D eigenvalue weighted by Crippen LogP contribution is -2.30. The number of amides is 2. The number of para-hydroxylation sites is 1. The highest BCUT2D eigenvalue weighted by Crippen LogP contribution is 2.29. The van der Waals surface area contributed by atoms with Crippen LogP contribution in [-0.2, 0) is 16.0 Å². The Hall–Kier alpha value is -2.41. The first-order chi connectivity index (χ1) is 13.2. The van der Waals surface area contributed by atoms with E-state index in [0.29, 0.717) is 30.8 Å². The monoisotopic (exact) mass is 401 g/mol. The average molecular weight is 402 g/mol. The van der Waals surface area contributed by atoms with Crippen LogP contribution in [0.15, 0.2) is 48.5 Å². The zero-order valence-corrected chi connectivity index (χ0v) is 16.3. The van der Waals surface area contributed by atoms with Gasteiger partial charge >= 0.3 is 0 Å². The first-order valence-electron chi connectivity index (χ1n) is 9.32. The summed E-state index contributed by atoms with van der Waals surface area (Å²) in [6.45, 7) is 1.09. The van der Waals surface area contributed by atoms with Gasteiger partial charge in [-0.15, -0.1) is 12.4 Å². The first-order valence-corrected chi connectivity index (χ1v) is 9.32. The largest absolute Gasteiger partial charge is 0.364 e. The summed E-state index contributed by atoms with van der Waals surface area (Å²) in [6.07, 6.45) is 1.78. The van der Waals surface area contributed by atoms with Gasteiger partial charge in [0.15, 0.2) is 0 Å². The van der Waals surface area contributed by atoms with Crippen molar-refractivity contribution in [3.05, 3.63) is 59.7 Å². The zero-order chi connectivity index (χ0) is 18.8. The Labute approximate surface area is 170 Å². The molecule has 1 saturated heterocycles. The molecule has 2 aliphatic rings. The summed E-state index contributed by atoms with van der Waals surface area (Å²) in [6, 6.07) is 15.0.